The molecule has 2 nitrogen and oxygen atoms in total. The molecule has 0 atom stereocenters. The van der Waals surface area contributed by atoms with Gasteiger partial charge >= 0.3 is 0 Å². The molecule has 1 aromatic carbocycles. The maximum Gasteiger partial charge on any atom is 0.168 e. The zero-order valence-corrected chi connectivity index (χ0v) is 12.4. The van der Waals surface area contributed by atoms with E-state index in [-0.39, 0.29) is 5.78 Å². The van der Waals surface area contributed by atoms with Crippen molar-refractivity contribution in [1.29, 1.82) is 0 Å². The number of allylic oxidation sites excluding steroid dienone is 1. The molecule has 0 saturated carbocycles. The van der Waals surface area contributed by atoms with Gasteiger partial charge in [-0.2, -0.15) is 0 Å². The third-order valence-electron chi connectivity index (χ3n) is 2.43. The van der Waals surface area contributed by atoms with E-state index in [4.69, 9.17) is 4.74 Å². The second-order valence-corrected chi connectivity index (χ2v) is 4.95. The van der Waals surface area contributed by atoms with Gasteiger partial charge in [0.25, 0.3) is 0 Å². The van der Waals surface area contributed by atoms with E-state index in [1.807, 2.05) is 30.3 Å². The smallest absolute Gasteiger partial charge is 0.168 e. The van der Waals surface area contributed by atoms with Crippen LogP contribution in [0, 0.1) is 0 Å². The zero-order chi connectivity index (χ0) is 12.7. The lowest BCUT2D eigenvalue weighted by atomic mass is 10.1. The number of ether oxygens (including phenoxy) is 1. The van der Waals surface area contributed by atoms with Crippen LogP contribution < -0.4 is 4.74 Å². The van der Waals surface area contributed by atoms with E-state index in [0.717, 1.165) is 27.7 Å². The predicted molar refractivity (Wildman–Crippen MR) is 79.5 cm³/mol. The molecule has 0 radical (unpaired) electrons. The quantitative estimate of drug-likeness (QED) is 0.570. The first-order chi connectivity index (χ1) is 8.17. The Kier molecular flexibility index (Phi) is 6.26. The maximum absolute atomic E-state index is 11.7. The Hall–Kier alpha value is -0.840. The van der Waals surface area contributed by atoms with Crippen LogP contribution in [-0.2, 0) is 4.79 Å². The summed E-state index contributed by atoms with van der Waals surface area (Å²) in [4.78, 5) is 11.7. The Labute approximate surface area is 116 Å². The van der Waals surface area contributed by atoms with Crippen molar-refractivity contribution in [2.24, 2.45) is 0 Å². The Morgan fingerprint density at radius 1 is 1.35 bits per heavy atom. The molecule has 0 N–H and O–H groups in total. The number of unbranched alkanes of at least 4 members (excludes halogenated alkanes) is 1. The highest BCUT2D eigenvalue weighted by Crippen LogP contribution is 2.18. The van der Waals surface area contributed by atoms with Crippen molar-refractivity contribution in [2.75, 3.05) is 7.11 Å². The van der Waals surface area contributed by atoms with Crippen LogP contribution in [0.2, 0.25) is 0 Å². The standard InChI is InChI=1S/C14H17IO2/c1-3-4-5-14(16)13(15)10-11-6-8-12(17-2)9-7-11/h6-10H,3-5H2,1-2H3/b13-10+. The van der Waals surface area contributed by atoms with E-state index in [1.165, 1.54) is 0 Å². The fourth-order valence-corrected chi connectivity index (χ4v) is 2.01. The minimum Gasteiger partial charge on any atom is -0.497 e. The third kappa shape index (κ3) is 4.89. The predicted octanol–water partition coefficient (Wildman–Crippen LogP) is 4.23. The first-order valence-electron chi connectivity index (χ1n) is 5.71. The van der Waals surface area contributed by atoms with Gasteiger partial charge in [-0.05, 0) is 52.8 Å². The third-order valence-corrected chi connectivity index (χ3v) is 3.35. The molecule has 0 aliphatic rings. The number of carbonyl (C=O) groups is 1. The topological polar surface area (TPSA) is 26.3 Å². The molecule has 0 heterocycles. The normalized spacial score (nSPS) is 11.4. The molecular weight excluding hydrogens is 327 g/mol. The number of rotatable bonds is 6. The van der Waals surface area contributed by atoms with Gasteiger partial charge in [-0.25, -0.2) is 0 Å². The van der Waals surface area contributed by atoms with Gasteiger partial charge in [-0.1, -0.05) is 25.5 Å². The molecule has 0 aromatic heterocycles. The Morgan fingerprint density at radius 2 is 2.00 bits per heavy atom. The summed E-state index contributed by atoms with van der Waals surface area (Å²) in [5.74, 6) is 1.05. The summed E-state index contributed by atoms with van der Waals surface area (Å²) >= 11 is 2.11. The van der Waals surface area contributed by atoms with E-state index < -0.39 is 0 Å². The molecule has 0 aliphatic carbocycles. The number of hydrogen-bond acceptors (Lipinski definition) is 2. The highest BCUT2D eigenvalue weighted by atomic mass is 127. The van der Waals surface area contributed by atoms with Crippen molar-refractivity contribution in [3.05, 3.63) is 33.4 Å². The molecule has 0 aliphatic heterocycles. The number of ketones is 1. The second-order valence-electron chi connectivity index (χ2n) is 3.79. The van der Waals surface area contributed by atoms with Crippen LogP contribution in [0.15, 0.2) is 27.8 Å². The van der Waals surface area contributed by atoms with Crippen molar-refractivity contribution in [1.82, 2.24) is 0 Å². The number of methoxy groups -OCH3 is 1. The van der Waals surface area contributed by atoms with E-state index in [0.29, 0.717) is 6.42 Å². The van der Waals surface area contributed by atoms with Crippen molar-refractivity contribution in [3.63, 3.8) is 0 Å². The van der Waals surface area contributed by atoms with E-state index in [9.17, 15) is 4.79 Å². The van der Waals surface area contributed by atoms with Gasteiger partial charge in [0.1, 0.15) is 5.75 Å². The SMILES string of the molecule is CCCCC(=O)/C(I)=C\c1ccc(OC)cc1. The Bertz CT molecular complexity index is 393. The van der Waals surface area contributed by atoms with Crippen molar-refractivity contribution < 1.29 is 9.53 Å². The molecule has 0 unspecified atom stereocenters. The van der Waals surface area contributed by atoms with Crippen LogP contribution in [0.5, 0.6) is 5.75 Å². The fraction of sp³-hybridized carbons (Fsp3) is 0.357. The summed E-state index contributed by atoms with van der Waals surface area (Å²) in [6.07, 6.45) is 4.57. The second kappa shape index (κ2) is 7.48. The molecule has 1 aromatic rings. The molecule has 17 heavy (non-hydrogen) atoms. The molecule has 1 rings (SSSR count). The number of benzene rings is 1. The Morgan fingerprint density at radius 3 is 2.53 bits per heavy atom. The molecule has 0 amide bonds. The van der Waals surface area contributed by atoms with Gasteiger partial charge in [0.2, 0.25) is 0 Å². The summed E-state index contributed by atoms with van der Waals surface area (Å²) in [5.41, 5.74) is 1.03. The molecule has 92 valence electrons. The lowest BCUT2D eigenvalue weighted by Gasteiger charge is -2.01. The zero-order valence-electron chi connectivity index (χ0n) is 10.2. The first kappa shape index (κ1) is 14.2. The van der Waals surface area contributed by atoms with E-state index in [1.54, 1.807) is 7.11 Å². The van der Waals surface area contributed by atoms with Crippen LogP contribution in [-0.4, -0.2) is 12.9 Å². The average Bonchev–Trinajstić information content (AvgIpc) is 2.36. The Balaban J connectivity index is 2.69. The minimum atomic E-state index is 0.225. The number of Topliss-reactive ketones (excluding diaryl/α,β-unsaturated/α-hetero) is 1. The van der Waals surface area contributed by atoms with Gasteiger partial charge in [0.05, 0.1) is 10.7 Å². The van der Waals surface area contributed by atoms with Crippen LogP contribution in [0.3, 0.4) is 0 Å². The minimum absolute atomic E-state index is 0.225. The summed E-state index contributed by atoms with van der Waals surface area (Å²) in [7, 11) is 1.64. The van der Waals surface area contributed by atoms with Crippen LogP contribution in [0.1, 0.15) is 31.7 Å². The van der Waals surface area contributed by atoms with Crippen molar-refractivity contribution >= 4 is 34.5 Å². The number of carbonyl (C=O) groups excluding carboxylic acids is 1. The van der Waals surface area contributed by atoms with Crippen LogP contribution in [0.4, 0.5) is 0 Å². The lowest BCUT2D eigenvalue weighted by Crippen LogP contribution is -1.96. The largest absolute Gasteiger partial charge is 0.497 e. The van der Waals surface area contributed by atoms with Gasteiger partial charge in [0.15, 0.2) is 5.78 Å². The summed E-state index contributed by atoms with van der Waals surface area (Å²) in [6, 6.07) is 7.69. The summed E-state index contributed by atoms with van der Waals surface area (Å²) in [5, 5.41) is 0. The molecule has 0 spiro atoms. The molecular formula is C14H17IO2. The summed E-state index contributed by atoms with van der Waals surface area (Å²) < 4.78 is 5.88. The lowest BCUT2D eigenvalue weighted by molar-refractivity contribution is -0.114. The monoisotopic (exact) mass is 344 g/mol. The molecule has 0 saturated heterocycles. The molecule has 0 fully saturated rings. The first-order valence-corrected chi connectivity index (χ1v) is 6.79. The summed E-state index contributed by atoms with van der Waals surface area (Å²) in [6.45, 7) is 2.09. The molecule has 3 heteroatoms. The van der Waals surface area contributed by atoms with Gasteiger partial charge in [-0.3, -0.25) is 4.79 Å². The number of hydrogen-bond donors (Lipinski definition) is 0. The van der Waals surface area contributed by atoms with Gasteiger partial charge < -0.3 is 4.74 Å². The maximum atomic E-state index is 11.7. The highest BCUT2D eigenvalue weighted by molar-refractivity contribution is 14.1. The van der Waals surface area contributed by atoms with Gasteiger partial charge in [0, 0.05) is 6.42 Å². The average molecular weight is 344 g/mol. The highest BCUT2D eigenvalue weighted by Gasteiger charge is 2.05. The van der Waals surface area contributed by atoms with Crippen molar-refractivity contribution in [3.8, 4) is 5.75 Å². The van der Waals surface area contributed by atoms with Crippen molar-refractivity contribution in [2.45, 2.75) is 26.2 Å². The van der Waals surface area contributed by atoms with Crippen LogP contribution >= 0.6 is 22.6 Å². The fourth-order valence-electron chi connectivity index (χ4n) is 1.38. The molecule has 0 bridgehead atoms. The van der Waals surface area contributed by atoms with Crippen LogP contribution in [0.25, 0.3) is 6.08 Å². The number of halogens is 1. The van der Waals surface area contributed by atoms with Gasteiger partial charge in [-0.15, -0.1) is 0 Å². The van der Waals surface area contributed by atoms with E-state index in [2.05, 4.69) is 29.5 Å². The van der Waals surface area contributed by atoms with E-state index >= 15 is 0 Å².